The van der Waals surface area contributed by atoms with Gasteiger partial charge < -0.3 is 4.43 Å². The van der Waals surface area contributed by atoms with Crippen LogP contribution >= 0.6 is 0 Å². The van der Waals surface area contributed by atoms with Gasteiger partial charge in [-0.05, 0) is 26.1 Å². The van der Waals surface area contributed by atoms with Gasteiger partial charge in [0.1, 0.15) is 0 Å². The first-order valence-electron chi connectivity index (χ1n) is 6.83. The fourth-order valence-electron chi connectivity index (χ4n) is 3.82. The van der Waals surface area contributed by atoms with Crippen molar-refractivity contribution < 1.29 is 4.43 Å². The fraction of sp³-hybridized carbons (Fsp3) is 0.733. The van der Waals surface area contributed by atoms with Crippen molar-refractivity contribution in [3.8, 4) is 12.1 Å². The maximum absolute atomic E-state index is 9.83. The Labute approximate surface area is 117 Å². The van der Waals surface area contributed by atoms with Crippen LogP contribution in [-0.4, -0.2) is 13.9 Å². The summed E-state index contributed by atoms with van der Waals surface area (Å²) in [6, 6.07) is 4.87. The van der Waals surface area contributed by atoms with E-state index in [1.165, 1.54) is 0 Å². The highest BCUT2D eigenvalue weighted by Gasteiger charge is 2.69. The minimum Gasteiger partial charge on any atom is -0.399 e. The highest BCUT2D eigenvalue weighted by molar-refractivity contribution is 6.69. The second-order valence-electron chi connectivity index (χ2n) is 7.26. The number of hydrogen-bond acceptors (Lipinski definition) is 3. The van der Waals surface area contributed by atoms with Crippen LogP contribution in [-0.2, 0) is 4.43 Å². The Balaban J connectivity index is 2.54. The summed E-state index contributed by atoms with van der Waals surface area (Å²) in [4.78, 5) is 0. The molecule has 3 nitrogen and oxygen atoms in total. The van der Waals surface area contributed by atoms with E-state index in [4.69, 9.17) is 4.43 Å². The lowest BCUT2D eigenvalue weighted by atomic mass is 9.63. The largest absolute Gasteiger partial charge is 0.399 e. The Bertz CT molecular complexity index is 510. The summed E-state index contributed by atoms with van der Waals surface area (Å²) in [6.45, 7) is 10.5. The number of nitrogens with zero attached hydrogens (tertiary/aromatic N) is 2. The van der Waals surface area contributed by atoms with Gasteiger partial charge in [0, 0.05) is 17.3 Å². The molecule has 0 saturated heterocycles. The van der Waals surface area contributed by atoms with Crippen LogP contribution < -0.4 is 0 Å². The van der Waals surface area contributed by atoms with E-state index in [2.05, 4.69) is 57.8 Å². The molecule has 1 saturated carbocycles. The molecule has 0 unspecified atom stereocenters. The van der Waals surface area contributed by atoms with Crippen molar-refractivity contribution in [3.05, 3.63) is 12.2 Å². The van der Waals surface area contributed by atoms with Gasteiger partial charge in [0.15, 0.2) is 13.9 Å². The van der Waals surface area contributed by atoms with Crippen molar-refractivity contribution in [2.75, 3.05) is 0 Å². The topological polar surface area (TPSA) is 56.8 Å². The number of hydrogen-bond donors (Lipinski definition) is 0. The van der Waals surface area contributed by atoms with Crippen LogP contribution in [0.5, 0.6) is 0 Å². The Morgan fingerprint density at radius 2 is 1.89 bits per heavy atom. The van der Waals surface area contributed by atoms with Crippen molar-refractivity contribution in [2.24, 2.45) is 16.7 Å². The molecule has 0 N–H and O–H groups in total. The summed E-state index contributed by atoms with van der Waals surface area (Å²) >= 11 is 0. The van der Waals surface area contributed by atoms with Gasteiger partial charge in [-0.25, -0.2) is 0 Å². The summed E-state index contributed by atoms with van der Waals surface area (Å²) in [5.41, 5.74) is -1.37. The normalized spacial score (nSPS) is 44.7. The minimum absolute atomic E-state index is 0.146. The summed E-state index contributed by atoms with van der Waals surface area (Å²) in [5, 5.41) is 19.3. The molecule has 0 aliphatic heterocycles. The van der Waals surface area contributed by atoms with Gasteiger partial charge in [-0.3, -0.25) is 0 Å². The average molecular weight is 274 g/mol. The Morgan fingerprint density at radius 3 is 2.37 bits per heavy atom. The van der Waals surface area contributed by atoms with Gasteiger partial charge in [0.25, 0.3) is 0 Å². The molecule has 0 bridgehead atoms. The van der Waals surface area contributed by atoms with Gasteiger partial charge in [-0.15, -0.1) is 0 Å². The van der Waals surface area contributed by atoms with E-state index in [-0.39, 0.29) is 16.7 Å². The highest BCUT2D eigenvalue weighted by Crippen LogP contribution is 2.67. The predicted octanol–water partition coefficient (Wildman–Crippen LogP) is 3.62. The van der Waals surface area contributed by atoms with E-state index in [1.807, 2.05) is 0 Å². The second-order valence-corrected chi connectivity index (χ2v) is 11.7. The number of nitriles is 2. The average Bonchev–Trinajstić information content (AvgIpc) is 2.68. The summed E-state index contributed by atoms with van der Waals surface area (Å²) in [6.07, 6.45) is 5.60. The first-order valence-corrected chi connectivity index (χ1v) is 10.2. The Kier molecular flexibility index (Phi) is 2.97. The molecule has 19 heavy (non-hydrogen) atoms. The van der Waals surface area contributed by atoms with Crippen LogP contribution in [0.2, 0.25) is 19.6 Å². The monoisotopic (exact) mass is 274 g/mol. The van der Waals surface area contributed by atoms with E-state index in [9.17, 15) is 10.5 Å². The molecule has 0 amide bonds. The third-order valence-corrected chi connectivity index (χ3v) is 6.06. The van der Waals surface area contributed by atoms with Crippen molar-refractivity contribution >= 4 is 8.32 Å². The quantitative estimate of drug-likeness (QED) is 0.571. The second kappa shape index (κ2) is 3.95. The van der Waals surface area contributed by atoms with E-state index in [0.717, 1.165) is 6.42 Å². The van der Waals surface area contributed by atoms with E-state index >= 15 is 0 Å². The van der Waals surface area contributed by atoms with Crippen molar-refractivity contribution in [3.63, 3.8) is 0 Å². The zero-order chi connectivity index (χ0) is 14.5. The molecule has 0 aromatic rings. The van der Waals surface area contributed by atoms with Gasteiger partial charge in [-0.1, -0.05) is 26.0 Å². The van der Waals surface area contributed by atoms with Crippen LogP contribution in [0.3, 0.4) is 0 Å². The molecule has 4 atom stereocenters. The molecular formula is C15H22N2OSi. The molecule has 0 heterocycles. The molecule has 2 rings (SSSR count). The third kappa shape index (κ3) is 1.70. The van der Waals surface area contributed by atoms with Crippen molar-refractivity contribution in [2.45, 2.75) is 51.9 Å². The van der Waals surface area contributed by atoms with Gasteiger partial charge >= 0.3 is 0 Å². The van der Waals surface area contributed by atoms with Crippen LogP contribution in [0.25, 0.3) is 0 Å². The number of rotatable bonds is 2. The van der Waals surface area contributed by atoms with Crippen LogP contribution in [0.15, 0.2) is 12.2 Å². The van der Waals surface area contributed by atoms with Gasteiger partial charge in [-0.2, -0.15) is 10.5 Å². The number of fused-ring (bicyclic) bond motifs is 1. The summed E-state index contributed by atoms with van der Waals surface area (Å²) in [5.74, 6) is -0.146. The molecule has 0 aromatic carbocycles. The molecule has 102 valence electrons. The Hall–Kier alpha value is -1.10. The van der Waals surface area contributed by atoms with Gasteiger partial charge in [0.2, 0.25) is 0 Å². The summed E-state index contributed by atoms with van der Waals surface area (Å²) in [7, 11) is -1.86. The maximum atomic E-state index is 9.83. The third-order valence-electron chi connectivity index (χ3n) is 5.10. The minimum atomic E-state index is -1.86. The molecule has 0 aromatic heterocycles. The first kappa shape index (κ1) is 14.3. The standard InChI is InChI=1S/C15H22N2OSi/c1-13-7-6-8-14(13,2)15(11-17,9-12(13)10-16)18-19(3,4)5/h6-7,12H,8-9H2,1-5H3/t12-,13-,14-,15+/m0/s1. The first-order chi connectivity index (χ1) is 8.64. The van der Waals surface area contributed by atoms with Gasteiger partial charge in [0.05, 0.1) is 18.1 Å². The molecule has 2 aliphatic carbocycles. The SMILES string of the molecule is C[C@]12CC=C[C@@]1(C)[C@H](C#N)C[C@]2(C#N)O[Si](C)(C)C. The highest BCUT2D eigenvalue weighted by atomic mass is 28.4. The lowest BCUT2D eigenvalue weighted by molar-refractivity contribution is -0.0158. The molecule has 0 spiro atoms. The van der Waals surface area contributed by atoms with E-state index in [1.54, 1.807) is 0 Å². The zero-order valence-corrected chi connectivity index (χ0v) is 13.4. The molecular weight excluding hydrogens is 252 g/mol. The summed E-state index contributed by atoms with van der Waals surface area (Å²) < 4.78 is 6.34. The van der Waals surface area contributed by atoms with Crippen molar-refractivity contribution in [1.82, 2.24) is 0 Å². The van der Waals surface area contributed by atoms with Crippen LogP contribution in [0, 0.1) is 39.4 Å². The Morgan fingerprint density at radius 1 is 1.26 bits per heavy atom. The van der Waals surface area contributed by atoms with Crippen LogP contribution in [0.1, 0.15) is 26.7 Å². The molecule has 0 radical (unpaired) electrons. The molecule has 2 aliphatic rings. The lowest BCUT2D eigenvalue weighted by Gasteiger charge is -2.45. The smallest absolute Gasteiger partial charge is 0.185 e. The van der Waals surface area contributed by atoms with E-state index < -0.39 is 13.9 Å². The van der Waals surface area contributed by atoms with E-state index in [0.29, 0.717) is 6.42 Å². The molecule has 1 fully saturated rings. The lowest BCUT2D eigenvalue weighted by Crippen LogP contribution is -2.52. The zero-order valence-electron chi connectivity index (χ0n) is 12.4. The predicted molar refractivity (Wildman–Crippen MR) is 76.5 cm³/mol. The molecule has 4 heteroatoms. The fourth-order valence-corrected chi connectivity index (χ4v) is 5.22. The van der Waals surface area contributed by atoms with Crippen LogP contribution in [0.4, 0.5) is 0 Å². The van der Waals surface area contributed by atoms with Crippen molar-refractivity contribution in [1.29, 1.82) is 10.5 Å². The number of allylic oxidation sites excluding steroid dienone is 2. The maximum Gasteiger partial charge on any atom is 0.185 e.